The van der Waals surface area contributed by atoms with Crippen LogP contribution in [0.1, 0.15) is 31.4 Å². The SMILES string of the molecule is CN(CCc1ccccn1)C(=O)C1CCCC(N)C1. The lowest BCUT2D eigenvalue weighted by atomic mass is 9.85. The highest BCUT2D eigenvalue weighted by Crippen LogP contribution is 2.24. The number of pyridine rings is 1. The van der Waals surface area contributed by atoms with Crippen LogP contribution in [0, 0.1) is 5.92 Å². The zero-order valence-electron chi connectivity index (χ0n) is 11.6. The minimum absolute atomic E-state index is 0.123. The van der Waals surface area contributed by atoms with Crippen LogP contribution < -0.4 is 5.73 Å². The van der Waals surface area contributed by atoms with E-state index in [2.05, 4.69) is 4.98 Å². The fourth-order valence-corrected chi connectivity index (χ4v) is 2.70. The summed E-state index contributed by atoms with van der Waals surface area (Å²) in [6.07, 6.45) is 6.56. The molecule has 0 radical (unpaired) electrons. The predicted octanol–water partition coefficient (Wildman–Crippen LogP) is 1.60. The van der Waals surface area contributed by atoms with Gasteiger partial charge in [-0.1, -0.05) is 12.5 Å². The molecule has 2 rings (SSSR count). The Morgan fingerprint density at radius 1 is 1.47 bits per heavy atom. The van der Waals surface area contributed by atoms with E-state index in [0.717, 1.165) is 44.3 Å². The molecule has 0 saturated heterocycles. The summed E-state index contributed by atoms with van der Waals surface area (Å²) >= 11 is 0. The molecule has 1 amide bonds. The van der Waals surface area contributed by atoms with Crippen molar-refractivity contribution in [1.29, 1.82) is 0 Å². The van der Waals surface area contributed by atoms with Crippen LogP contribution in [-0.2, 0) is 11.2 Å². The van der Waals surface area contributed by atoms with Crippen LogP contribution in [0.4, 0.5) is 0 Å². The average molecular weight is 261 g/mol. The first kappa shape index (κ1) is 14.0. The molecule has 4 heteroatoms. The highest BCUT2D eigenvalue weighted by Gasteiger charge is 2.27. The van der Waals surface area contributed by atoms with Crippen LogP contribution in [0.15, 0.2) is 24.4 Å². The Hall–Kier alpha value is -1.42. The topological polar surface area (TPSA) is 59.2 Å². The maximum absolute atomic E-state index is 12.3. The van der Waals surface area contributed by atoms with E-state index in [1.165, 1.54) is 0 Å². The number of hydrogen-bond acceptors (Lipinski definition) is 3. The van der Waals surface area contributed by atoms with Crippen LogP contribution in [0.25, 0.3) is 0 Å². The number of aromatic nitrogens is 1. The van der Waals surface area contributed by atoms with Gasteiger partial charge in [-0.05, 0) is 31.4 Å². The van der Waals surface area contributed by atoms with Gasteiger partial charge in [0.1, 0.15) is 0 Å². The summed E-state index contributed by atoms with van der Waals surface area (Å²) in [5.74, 6) is 0.364. The van der Waals surface area contributed by atoms with Crippen LogP contribution in [0.2, 0.25) is 0 Å². The lowest BCUT2D eigenvalue weighted by Gasteiger charge is -2.29. The molecule has 1 heterocycles. The van der Waals surface area contributed by atoms with Crippen molar-refractivity contribution in [1.82, 2.24) is 9.88 Å². The number of rotatable bonds is 4. The Kier molecular flexibility index (Phi) is 4.91. The highest BCUT2D eigenvalue weighted by molar-refractivity contribution is 5.78. The largest absolute Gasteiger partial charge is 0.345 e. The molecule has 2 unspecified atom stereocenters. The van der Waals surface area contributed by atoms with E-state index < -0.39 is 0 Å². The summed E-state index contributed by atoms with van der Waals surface area (Å²) in [4.78, 5) is 18.4. The van der Waals surface area contributed by atoms with Gasteiger partial charge in [0.05, 0.1) is 0 Å². The van der Waals surface area contributed by atoms with Gasteiger partial charge in [-0.2, -0.15) is 0 Å². The quantitative estimate of drug-likeness (QED) is 0.895. The third kappa shape index (κ3) is 4.03. The number of hydrogen-bond donors (Lipinski definition) is 1. The molecule has 1 saturated carbocycles. The van der Waals surface area contributed by atoms with Gasteiger partial charge < -0.3 is 10.6 Å². The Morgan fingerprint density at radius 2 is 2.32 bits per heavy atom. The van der Waals surface area contributed by atoms with Gasteiger partial charge in [-0.15, -0.1) is 0 Å². The molecule has 1 aliphatic carbocycles. The van der Waals surface area contributed by atoms with E-state index in [4.69, 9.17) is 5.73 Å². The van der Waals surface area contributed by atoms with Crippen LogP contribution in [0.3, 0.4) is 0 Å². The molecule has 2 N–H and O–H groups in total. The summed E-state index contributed by atoms with van der Waals surface area (Å²) in [5, 5.41) is 0. The fourth-order valence-electron chi connectivity index (χ4n) is 2.70. The van der Waals surface area contributed by atoms with Gasteiger partial charge >= 0.3 is 0 Å². The van der Waals surface area contributed by atoms with Crippen molar-refractivity contribution in [2.24, 2.45) is 11.7 Å². The number of carbonyl (C=O) groups excluding carboxylic acids is 1. The summed E-state index contributed by atoms with van der Waals surface area (Å²) in [7, 11) is 1.88. The van der Waals surface area contributed by atoms with Crippen molar-refractivity contribution in [3.05, 3.63) is 30.1 Å². The van der Waals surface area contributed by atoms with Gasteiger partial charge in [-0.3, -0.25) is 9.78 Å². The highest BCUT2D eigenvalue weighted by atomic mass is 16.2. The number of nitrogens with zero attached hydrogens (tertiary/aromatic N) is 2. The first-order valence-corrected chi connectivity index (χ1v) is 7.07. The summed E-state index contributed by atoms with van der Waals surface area (Å²) in [5.41, 5.74) is 6.98. The Balaban J connectivity index is 1.82. The predicted molar refractivity (Wildman–Crippen MR) is 75.5 cm³/mol. The maximum Gasteiger partial charge on any atom is 0.225 e. The number of nitrogens with two attached hydrogens (primary N) is 1. The van der Waals surface area contributed by atoms with Crippen molar-refractivity contribution in [2.75, 3.05) is 13.6 Å². The molecule has 0 spiro atoms. The molecule has 1 aliphatic rings. The molecular formula is C15H23N3O. The number of amides is 1. The van der Waals surface area contributed by atoms with Gasteiger partial charge in [0.25, 0.3) is 0 Å². The molecule has 1 fully saturated rings. The van der Waals surface area contributed by atoms with Crippen LogP contribution in [-0.4, -0.2) is 35.4 Å². The van der Waals surface area contributed by atoms with E-state index in [0.29, 0.717) is 0 Å². The van der Waals surface area contributed by atoms with Crippen molar-refractivity contribution in [2.45, 2.75) is 38.1 Å². The molecule has 0 aliphatic heterocycles. The molecule has 1 aromatic rings. The van der Waals surface area contributed by atoms with Crippen molar-refractivity contribution >= 4 is 5.91 Å². The second-order valence-electron chi connectivity index (χ2n) is 5.45. The van der Waals surface area contributed by atoms with Gasteiger partial charge in [0.15, 0.2) is 0 Å². The summed E-state index contributed by atoms with van der Waals surface area (Å²) < 4.78 is 0. The number of likely N-dealkylation sites (N-methyl/N-ethyl adjacent to an activating group) is 1. The van der Waals surface area contributed by atoms with Crippen molar-refractivity contribution in [3.63, 3.8) is 0 Å². The molecule has 104 valence electrons. The first-order chi connectivity index (χ1) is 9.16. The normalized spacial score (nSPS) is 23.1. The molecule has 19 heavy (non-hydrogen) atoms. The van der Waals surface area contributed by atoms with E-state index in [-0.39, 0.29) is 17.9 Å². The Bertz CT molecular complexity index is 407. The summed E-state index contributed by atoms with van der Waals surface area (Å²) in [6, 6.07) is 6.08. The maximum atomic E-state index is 12.3. The lowest BCUT2D eigenvalue weighted by Crippen LogP contribution is -2.39. The molecular weight excluding hydrogens is 238 g/mol. The van der Waals surface area contributed by atoms with Crippen LogP contribution in [0.5, 0.6) is 0 Å². The minimum atomic E-state index is 0.123. The van der Waals surface area contributed by atoms with E-state index in [1.807, 2.05) is 30.1 Å². The number of carbonyl (C=O) groups is 1. The van der Waals surface area contributed by atoms with Crippen LogP contribution >= 0.6 is 0 Å². The second-order valence-corrected chi connectivity index (χ2v) is 5.45. The Morgan fingerprint density at radius 3 is 3.00 bits per heavy atom. The minimum Gasteiger partial charge on any atom is -0.345 e. The van der Waals surface area contributed by atoms with Crippen molar-refractivity contribution < 1.29 is 4.79 Å². The van der Waals surface area contributed by atoms with Gasteiger partial charge in [0, 0.05) is 43.9 Å². The van der Waals surface area contributed by atoms with E-state index in [1.54, 1.807) is 6.20 Å². The second kappa shape index (κ2) is 6.66. The standard InChI is InChI=1S/C15H23N3O/c1-18(10-8-14-7-2-3-9-17-14)15(19)12-5-4-6-13(16)11-12/h2-3,7,9,12-13H,4-6,8,10-11,16H2,1H3. The fraction of sp³-hybridized carbons (Fsp3) is 0.600. The first-order valence-electron chi connectivity index (χ1n) is 7.07. The molecule has 1 aromatic heterocycles. The average Bonchev–Trinajstić information content (AvgIpc) is 2.45. The monoisotopic (exact) mass is 261 g/mol. The van der Waals surface area contributed by atoms with Gasteiger partial charge in [0.2, 0.25) is 5.91 Å². The third-order valence-electron chi connectivity index (χ3n) is 3.87. The zero-order chi connectivity index (χ0) is 13.7. The third-order valence-corrected chi connectivity index (χ3v) is 3.87. The summed E-state index contributed by atoms with van der Waals surface area (Å²) in [6.45, 7) is 0.724. The lowest BCUT2D eigenvalue weighted by molar-refractivity contribution is -0.135. The molecule has 0 bridgehead atoms. The Labute approximate surface area is 115 Å². The van der Waals surface area contributed by atoms with E-state index >= 15 is 0 Å². The molecule has 4 nitrogen and oxygen atoms in total. The van der Waals surface area contributed by atoms with Gasteiger partial charge in [-0.25, -0.2) is 0 Å². The van der Waals surface area contributed by atoms with E-state index in [9.17, 15) is 4.79 Å². The molecule has 2 atom stereocenters. The molecule has 0 aromatic carbocycles. The zero-order valence-corrected chi connectivity index (χ0v) is 11.6. The van der Waals surface area contributed by atoms with Crippen molar-refractivity contribution in [3.8, 4) is 0 Å². The smallest absolute Gasteiger partial charge is 0.225 e.